The van der Waals surface area contributed by atoms with Crippen molar-refractivity contribution in [1.29, 1.82) is 0 Å². The predicted octanol–water partition coefficient (Wildman–Crippen LogP) is 4.21. The monoisotopic (exact) mass is 345 g/mol. The molecule has 0 N–H and O–H groups in total. The Balaban J connectivity index is 1.74. The molecule has 0 radical (unpaired) electrons. The molecule has 1 atom stereocenters. The Morgan fingerprint density at radius 1 is 1.08 bits per heavy atom. The van der Waals surface area contributed by atoms with Crippen LogP contribution in [0.5, 0.6) is 0 Å². The van der Waals surface area contributed by atoms with Crippen molar-refractivity contribution in [2.75, 3.05) is 13.1 Å². The Labute approximate surface area is 145 Å². The van der Waals surface area contributed by atoms with E-state index in [1.807, 2.05) is 0 Å². The van der Waals surface area contributed by atoms with E-state index < -0.39 is 0 Å². The van der Waals surface area contributed by atoms with Gasteiger partial charge in [-0.2, -0.15) is 0 Å². The first-order valence-electron chi connectivity index (χ1n) is 7.90. The Morgan fingerprint density at radius 3 is 2.50 bits per heavy atom. The van der Waals surface area contributed by atoms with E-state index in [0.29, 0.717) is 29.2 Å². The molecular weight excluding hydrogens is 329 g/mol. The summed E-state index contributed by atoms with van der Waals surface area (Å²) in [4.78, 5) is 26.9. The molecule has 1 amide bonds. The zero-order chi connectivity index (χ0) is 17.1. The molecule has 2 aromatic carbocycles. The van der Waals surface area contributed by atoms with Crippen molar-refractivity contribution in [2.45, 2.75) is 12.8 Å². The van der Waals surface area contributed by atoms with Crippen LogP contribution in [0.3, 0.4) is 0 Å². The highest BCUT2D eigenvalue weighted by atomic mass is 35.5. The average molecular weight is 346 g/mol. The summed E-state index contributed by atoms with van der Waals surface area (Å²) >= 11 is 6.11. The van der Waals surface area contributed by atoms with E-state index in [4.69, 9.17) is 11.6 Å². The zero-order valence-electron chi connectivity index (χ0n) is 13.0. The van der Waals surface area contributed by atoms with Crippen molar-refractivity contribution >= 4 is 23.3 Å². The van der Waals surface area contributed by atoms with Gasteiger partial charge in [-0.3, -0.25) is 9.59 Å². The van der Waals surface area contributed by atoms with Gasteiger partial charge in [0, 0.05) is 30.1 Å². The molecule has 0 aliphatic carbocycles. The van der Waals surface area contributed by atoms with Crippen LogP contribution in [-0.4, -0.2) is 29.7 Å². The van der Waals surface area contributed by atoms with Crippen LogP contribution in [0.4, 0.5) is 4.39 Å². The number of rotatable bonds is 3. The van der Waals surface area contributed by atoms with Gasteiger partial charge in [0.2, 0.25) is 0 Å². The number of Topliss-reactive ketones (excluding diaryl/α,β-unsaturated/α-hetero) is 1. The Hall–Kier alpha value is -2.20. The summed E-state index contributed by atoms with van der Waals surface area (Å²) in [6.45, 7) is 0.961. The number of halogens is 2. The summed E-state index contributed by atoms with van der Waals surface area (Å²) in [5.74, 6) is -0.844. The molecule has 1 heterocycles. The lowest BCUT2D eigenvalue weighted by atomic mass is 9.89. The first kappa shape index (κ1) is 16.7. The van der Waals surface area contributed by atoms with E-state index in [1.165, 1.54) is 24.3 Å². The number of carbonyl (C=O) groups excluding carboxylic acids is 2. The third-order valence-corrected chi connectivity index (χ3v) is 4.64. The molecule has 1 fully saturated rings. The number of likely N-dealkylation sites (tertiary alicyclic amines) is 1. The molecule has 1 unspecified atom stereocenters. The van der Waals surface area contributed by atoms with Crippen molar-refractivity contribution < 1.29 is 14.0 Å². The number of carbonyl (C=O) groups is 2. The number of ketones is 1. The molecule has 5 heteroatoms. The third kappa shape index (κ3) is 3.49. The van der Waals surface area contributed by atoms with Crippen molar-refractivity contribution in [3.05, 3.63) is 70.5 Å². The highest BCUT2D eigenvalue weighted by Gasteiger charge is 2.30. The Morgan fingerprint density at radius 2 is 1.79 bits per heavy atom. The van der Waals surface area contributed by atoms with Crippen molar-refractivity contribution in [1.82, 2.24) is 4.90 Å². The zero-order valence-corrected chi connectivity index (χ0v) is 13.8. The largest absolute Gasteiger partial charge is 0.338 e. The molecule has 3 nitrogen and oxygen atoms in total. The fraction of sp³-hybridized carbons (Fsp3) is 0.263. The first-order chi connectivity index (χ1) is 11.6. The maximum absolute atomic E-state index is 13.0. The summed E-state index contributed by atoms with van der Waals surface area (Å²) < 4.78 is 13.0. The van der Waals surface area contributed by atoms with E-state index in [0.717, 1.165) is 12.8 Å². The topological polar surface area (TPSA) is 37.4 Å². The molecule has 124 valence electrons. The lowest BCUT2D eigenvalue weighted by Crippen LogP contribution is -2.42. The highest BCUT2D eigenvalue weighted by Crippen LogP contribution is 2.25. The van der Waals surface area contributed by atoms with Gasteiger partial charge >= 0.3 is 0 Å². The summed E-state index contributed by atoms with van der Waals surface area (Å²) in [7, 11) is 0. The number of amides is 1. The lowest BCUT2D eigenvalue weighted by molar-refractivity contribution is 0.0637. The minimum Gasteiger partial charge on any atom is -0.338 e. The fourth-order valence-corrected chi connectivity index (χ4v) is 3.26. The van der Waals surface area contributed by atoms with Gasteiger partial charge in [0.15, 0.2) is 5.78 Å². The van der Waals surface area contributed by atoms with Gasteiger partial charge < -0.3 is 4.90 Å². The van der Waals surface area contributed by atoms with Gasteiger partial charge in [-0.25, -0.2) is 4.39 Å². The third-order valence-electron chi connectivity index (χ3n) is 4.31. The summed E-state index contributed by atoms with van der Waals surface area (Å²) in [5.41, 5.74) is 0.933. The molecular formula is C19H17ClFNO2. The van der Waals surface area contributed by atoms with Crippen molar-refractivity contribution in [3.8, 4) is 0 Å². The number of hydrogen-bond acceptors (Lipinski definition) is 2. The van der Waals surface area contributed by atoms with Gasteiger partial charge in [-0.1, -0.05) is 23.7 Å². The van der Waals surface area contributed by atoms with E-state index in [-0.39, 0.29) is 23.4 Å². The quantitative estimate of drug-likeness (QED) is 0.781. The lowest BCUT2D eigenvalue weighted by Gasteiger charge is -2.32. The molecule has 0 saturated carbocycles. The van der Waals surface area contributed by atoms with Crippen LogP contribution >= 0.6 is 11.6 Å². The second-order valence-corrected chi connectivity index (χ2v) is 6.35. The van der Waals surface area contributed by atoms with Gasteiger partial charge in [0.1, 0.15) is 5.82 Å². The predicted molar refractivity (Wildman–Crippen MR) is 90.8 cm³/mol. The van der Waals surface area contributed by atoms with E-state index in [1.54, 1.807) is 29.2 Å². The molecule has 1 aliphatic rings. The van der Waals surface area contributed by atoms with E-state index in [2.05, 4.69) is 0 Å². The smallest absolute Gasteiger partial charge is 0.253 e. The second kappa shape index (κ2) is 7.14. The minimum absolute atomic E-state index is 0.0304. The normalized spacial score (nSPS) is 17.6. The van der Waals surface area contributed by atoms with Gasteiger partial charge in [-0.05, 0) is 49.2 Å². The molecule has 0 aromatic heterocycles. The van der Waals surface area contributed by atoms with Crippen LogP contribution in [0.1, 0.15) is 33.6 Å². The minimum atomic E-state index is -0.378. The maximum Gasteiger partial charge on any atom is 0.253 e. The van der Waals surface area contributed by atoms with E-state index >= 15 is 0 Å². The maximum atomic E-state index is 13.0. The standard InChI is InChI=1S/C19H17ClFNO2/c20-17-6-2-1-5-16(17)18(23)14-4-3-11-22(12-14)19(24)13-7-9-15(21)10-8-13/h1-2,5-10,14H,3-4,11-12H2. The van der Waals surface area contributed by atoms with Gasteiger partial charge in [0.05, 0.1) is 5.02 Å². The molecule has 3 rings (SSSR count). The van der Waals surface area contributed by atoms with Gasteiger partial charge in [0.25, 0.3) is 5.91 Å². The number of piperidine rings is 1. The number of hydrogen-bond donors (Lipinski definition) is 0. The molecule has 0 bridgehead atoms. The average Bonchev–Trinajstić information content (AvgIpc) is 2.62. The van der Waals surface area contributed by atoms with Crippen LogP contribution < -0.4 is 0 Å². The van der Waals surface area contributed by atoms with Crippen LogP contribution in [-0.2, 0) is 0 Å². The summed E-state index contributed by atoms with van der Waals surface area (Å²) in [5, 5.41) is 0.435. The van der Waals surface area contributed by atoms with Crippen molar-refractivity contribution in [2.24, 2.45) is 5.92 Å². The first-order valence-corrected chi connectivity index (χ1v) is 8.27. The molecule has 1 aliphatic heterocycles. The summed E-state index contributed by atoms with van der Waals surface area (Å²) in [6.07, 6.45) is 1.49. The second-order valence-electron chi connectivity index (χ2n) is 5.94. The summed E-state index contributed by atoms with van der Waals surface area (Å²) in [6, 6.07) is 12.4. The Bertz CT molecular complexity index is 760. The van der Waals surface area contributed by atoms with Crippen LogP contribution in [0, 0.1) is 11.7 Å². The number of benzene rings is 2. The fourth-order valence-electron chi connectivity index (χ4n) is 3.03. The van der Waals surface area contributed by atoms with E-state index in [9.17, 15) is 14.0 Å². The van der Waals surface area contributed by atoms with Crippen LogP contribution in [0.25, 0.3) is 0 Å². The molecule has 24 heavy (non-hydrogen) atoms. The molecule has 2 aromatic rings. The highest BCUT2D eigenvalue weighted by molar-refractivity contribution is 6.34. The van der Waals surface area contributed by atoms with Crippen LogP contribution in [0.15, 0.2) is 48.5 Å². The van der Waals surface area contributed by atoms with Crippen molar-refractivity contribution in [3.63, 3.8) is 0 Å². The van der Waals surface area contributed by atoms with Crippen LogP contribution in [0.2, 0.25) is 5.02 Å². The van der Waals surface area contributed by atoms with Gasteiger partial charge in [-0.15, -0.1) is 0 Å². The SMILES string of the molecule is O=C(c1ccccc1Cl)C1CCCN(C(=O)c2ccc(F)cc2)C1. The molecule has 0 spiro atoms. The molecule has 1 saturated heterocycles. The Kier molecular flexibility index (Phi) is 4.95. The number of nitrogens with zero attached hydrogens (tertiary/aromatic N) is 1.